The highest BCUT2D eigenvalue weighted by atomic mass is 32.1. The van der Waals surface area contributed by atoms with E-state index in [4.69, 9.17) is 0 Å². The lowest BCUT2D eigenvalue weighted by Crippen LogP contribution is -2.42. The number of carbonyl (C=O) groups excluding carboxylic acids is 1. The zero-order valence-corrected chi connectivity index (χ0v) is 15.2. The highest BCUT2D eigenvalue weighted by Crippen LogP contribution is 2.32. The van der Waals surface area contributed by atoms with Crippen LogP contribution < -0.4 is 0 Å². The highest BCUT2D eigenvalue weighted by Gasteiger charge is 2.30. The molecule has 1 aliphatic rings. The molecule has 0 saturated carbocycles. The first-order valence-electron chi connectivity index (χ1n) is 8.61. The summed E-state index contributed by atoms with van der Waals surface area (Å²) < 4.78 is 1.86. The van der Waals surface area contributed by atoms with Crippen molar-refractivity contribution in [1.29, 1.82) is 0 Å². The van der Waals surface area contributed by atoms with Crippen LogP contribution in [0.2, 0.25) is 0 Å². The predicted octanol–water partition coefficient (Wildman–Crippen LogP) is 3.33. The number of hydrogen-bond donors (Lipinski definition) is 1. The van der Waals surface area contributed by atoms with Crippen LogP contribution in [0, 0.1) is 12.8 Å². The average molecular weight is 369 g/mol. The van der Waals surface area contributed by atoms with E-state index < -0.39 is 11.9 Å². The maximum absolute atomic E-state index is 12.9. The molecule has 0 bridgehead atoms. The quantitative estimate of drug-likeness (QED) is 0.768. The van der Waals surface area contributed by atoms with Gasteiger partial charge < -0.3 is 10.0 Å². The van der Waals surface area contributed by atoms with Gasteiger partial charge in [0.2, 0.25) is 0 Å². The Kier molecular flexibility index (Phi) is 4.24. The van der Waals surface area contributed by atoms with Crippen LogP contribution >= 0.6 is 11.3 Å². The lowest BCUT2D eigenvalue weighted by molar-refractivity contribution is -0.143. The molecule has 1 amide bonds. The fourth-order valence-corrected chi connectivity index (χ4v) is 4.57. The maximum atomic E-state index is 12.9. The van der Waals surface area contributed by atoms with Crippen molar-refractivity contribution >= 4 is 33.4 Å². The van der Waals surface area contributed by atoms with E-state index in [1.54, 1.807) is 4.90 Å². The van der Waals surface area contributed by atoms with E-state index in [0.29, 0.717) is 17.8 Å². The van der Waals surface area contributed by atoms with Gasteiger partial charge in [0.05, 0.1) is 22.2 Å². The number of aryl methyl sites for hydroxylation is 1. The Balaban J connectivity index is 1.67. The summed E-state index contributed by atoms with van der Waals surface area (Å²) in [6.45, 7) is 2.83. The molecule has 4 rings (SSSR count). The number of carboxylic acid groups (broad SMARTS) is 1. The van der Waals surface area contributed by atoms with Gasteiger partial charge in [-0.05, 0) is 38.0 Å². The second-order valence-corrected chi connectivity index (χ2v) is 7.62. The molecule has 1 unspecified atom stereocenters. The largest absolute Gasteiger partial charge is 0.481 e. The second-order valence-electron chi connectivity index (χ2n) is 6.59. The smallest absolute Gasteiger partial charge is 0.308 e. The standard InChI is InChI=1S/C19H19N3O3S/c1-12-15-10-16(17(23)21-9-5-6-13(11-21)19(24)25)26-18(15)22(20-12)14-7-3-2-4-8-14/h2-4,7-8,10,13H,5-6,9,11H2,1H3,(H,24,25). The Morgan fingerprint density at radius 2 is 2.04 bits per heavy atom. The Morgan fingerprint density at radius 1 is 1.27 bits per heavy atom. The first-order valence-corrected chi connectivity index (χ1v) is 9.43. The molecule has 0 radical (unpaired) electrons. The number of hydrogen-bond acceptors (Lipinski definition) is 4. The molecule has 1 atom stereocenters. The number of thiophene rings is 1. The number of likely N-dealkylation sites (tertiary alicyclic amines) is 1. The Hall–Kier alpha value is -2.67. The molecule has 1 saturated heterocycles. The number of rotatable bonds is 3. The summed E-state index contributed by atoms with van der Waals surface area (Å²) in [5.74, 6) is -1.38. The van der Waals surface area contributed by atoms with Crippen LogP contribution in [-0.2, 0) is 4.79 Å². The fraction of sp³-hybridized carbons (Fsp3) is 0.316. The summed E-state index contributed by atoms with van der Waals surface area (Å²) in [5, 5.41) is 14.8. The van der Waals surface area contributed by atoms with E-state index >= 15 is 0 Å². The molecule has 1 N–H and O–H groups in total. The minimum absolute atomic E-state index is 0.0869. The molecule has 3 aromatic rings. The molecule has 26 heavy (non-hydrogen) atoms. The van der Waals surface area contributed by atoms with Crippen LogP contribution in [0.5, 0.6) is 0 Å². The molecule has 1 aromatic carbocycles. The van der Waals surface area contributed by atoms with Crippen LogP contribution in [0.25, 0.3) is 15.9 Å². The summed E-state index contributed by atoms with van der Waals surface area (Å²) in [7, 11) is 0. The predicted molar refractivity (Wildman–Crippen MR) is 99.9 cm³/mol. The fourth-order valence-electron chi connectivity index (χ4n) is 3.42. The number of carbonyl (C=O) groups is 2. The van der Waals surface area contributed by atoms with Crippen molar-refractivity contribution in [2.24, 2.45) is 5.92 Å². The average Bonchev–Trinajstić information content (AvgIpc) is 3.23. The highest BCUT2D eigenvalue weighted by molar-refractivity contribution is 7.20. The molecule has 1 aliphatic heterocycles. The normalized spacial score (nSPS) is 17.6. The molecule has 7 heteroatoms. The monoisotopic (exact) mass is 369 g/mol. The lowest BCUT2D eigenvalue weighted by Gasteiger charge is -2.30. The van der Waals surface area contributed by atoms with Crippen LogP contribution in [0.3, 0.4) is 0 Å². The first-order chi connectivity index (χ1) is 12.5. The van der Waals surface area contributed by atoms with Gasteiger partial charge in [0.25, 0.3) is 5.91 Å². The number of amides is 1. The van der Waals surface area contributed by atoms with E-state index in [2.05, 4.69) is 5.10 Å². The molecule has 134 valence electrons. The molecule has 0 spiro atoms. The number of aliphatic carboxylic acids is 1. The molecule has 2 aromatic heterocycles. The lowest BCUT2D eigenvalue weighted by atomic mass is 9.98. The van der Waals surface area contributed by atoms with Gasteiger partial charge in [0, 0.05) is 18.5 Å². The summed E-state index contributed by atoms with van der Waals surface area (Å²) in [6, 6.07) is 11.7. The first kappa shape index (κ1) is 16.8. The zero-order chi connectivity index (χ0) is 18.3. The van der Waals surface area contributed by atoms with Crippen molar-refractivity contribution in [2.75, 3.05) is 13.1 Å². The summed E-state index contributed by atoms with van der Waals surface area (Å²) in [4.78, 5) is 27.4. The molecular weight excluding hydrogens is 350 g/mol. The number of piperidine rings is 1. The number of nitrogens with zero attached hydrogens (tertiary/aromatic N) is 3. The molecule has 1 fully saturated rings. The molecule has 0 aliphatic carbocycles. The number of benzene rings is 1. The van der Waals surface area contributed by atoms with Gasteiger partial charge in [-0.3, -0.25) is 9.59 Å². The number of fused-ring (bicyclic) bond motifs is 1. The van der Waals surface area contributed by atoms with Crippen molar-refractivity contribution in [1.82, 2.24) is 14.7 Å². The van der Waals surface area contributed by atoms with Gasteiger partial charge in [0.1, 0.15) is 4.83 Å². The Labute approximate surface area is 154 Å². The topological polar surface area (TPSA) is 75.4 Å². The van der Waals surface area contributed by atoms with Gasteiger partial charge in [0.15, 0.2) is 0 Å². The van der Waals surface area contributed by atoms with Gasteiger partial charge in [-0.15, -0.1) is 11.3 Å². The minimum atomic E-state index is -0.825. The van der Waals surface area contributed by atoms with E-state index in [9.17, 15) is 14.7 Å². The van der Waals surface area contributed by atoms with Gasteiger partial charge in [-0.25, -0.2) is 4.68 Å². The third-order valence-corrected chi connectivity index (χ3v) is 5.91. The van der Waals surface area contributed by atoms with Gasteiger partial charge in [-0.2, -0.15) is 5.10 Å². The summed E-state index contributed by atoms with van der Waals surface area (Å²) in [5.41, 5.74) is 1.83. The van der Waals surface area contributed by atoms with E-state index in [0.717, 1.165) is 28.0 Å². The van der Waals surface area contributed by atoms with Crippen LogP contribution in [0.1, 0.15) is 28.2 Å². The number of carboxylic acids is 1. The third kappa shape index (κ3) is 2.88. The molecule has 6 nitrogen and oxygen atoms in total. The SMILES string of the molecule is Cc1nn(-c2ccccc2)c2sc(C(=O)N3CCCC(C(=O)O)C3)cc12. The van der Waals surface area contributed by atoms with E-state index in [1.165, 1.54) is 11.3 Å². The Bertz CT molecular complexity index is 977. The van der Waals surface area contributed by atoms with E-state index in [-0.39, 0.29) is 12.5 Å². The zero-order valence-electron chi connectivity index (χ0n) is 14.4. The van der Waals surface area contributed by atoms with Gasteiger partial charge >= 0.3 is 5.97 Å². The van der Waals surface area contributed by atoms with Crippen molar-refractivity contribution in [2.45, 2.75) is 19.8 Å². The second kappa shape index (κ2) is 6.57. The van der Waals surface area contributed by atoms with Crippen molar-refractivity contribution < 1.29 is 14.7 Å². The molecular formula is C19H19N3O3S. The Morgan fingerprint density at radius 3 is 2.77 bits per heavy atom. The molecule has 3 heterocycles. The number of aromatic nitrogens is 2. The number of para-hydroxylation sites is 1. The van der Waals surface area contributed by atoms with Gasteiger partial charge in [-0.1, -0.05) is 18.2 Å². The van der Waals surface area contributed by atoms with E-state index in [1.807, 2.05) is 48.0 Å². The van der Waals surface area contributed by atoms with Crippen LogP contribution in [-0.4, -0.2) is 44.8 Å². The van der Waals surface area contributed by atoms with Crippen molar-refractivity contribution in [3.05, 3.63) is 47.0 Å². The van der Waals surface area contributed by atoms with Crippen LogP contribution in [0.15, 0.2) is 36.4 Å². The van der Waals surface area contributed by atoms with Crippen molar-refractivity contribution in [3.63, 3.8) is 0 Å². The third-order valence-electron chi connectivity index (χ3n) is 4.81. The minimum Gasteiger partial charge on any atom is -0.481 e. The summed E-state index contributed by atoms with van der Waals surface area (Å²) >= 11 is 1.41. The van der Waals surface area contributed by atoms with Crippen LogP contribution in [0.4, 0.5) is 0 Å². The summed E-state index contributed by atoms with van der Waals surface area (Å²) in [6.07, 6.45) is 1.36. The maximum Gasteiger partial charge on any atom is 0.308 e. The van der Waals surface area contributed by atoms with Crippen molar-refractivity contribution in [3.8, 4) is 5.69 Å².